The first-order valence-electron chi connectivity index (χ1n) is 6.20. The van der Waals surface area contributed by atoms with Gasteiger partial charge in [0.05, 0.1) is 5.69 Å². The first-order valence-corrected chi connectivity index (χ1v) is 6.64. The maximum atomic E-state index is 4.38. The summed E-state index contributed by atoms with van der Waals surface area (Å²) in [5, 5.41) is 0. The van der Waals surface area contributed by atoms with E-state index in [9.17, 15) is 0 Å². The molecule has 4 heteroatoms. The second-order valence-corrected chi connectivity index (χ2v) is 4.59. The van der Waals surface area contributed by atoms with Gasteiger partial charge in [-0.15, -0.1) is 0 Å². The van der Waals surface area contributed by atoms with Crippen molar-refractivity contribution in [1.29, 1.82) is 0 Å². The molecule has 3 nitrogen and oxygen atoms in total. The second-order valence-electron chi connectivity index (χ2n) is 4.37. The SMILES string of the molecule is CCc1cnccn1.Cc1cc(C)c([N]=[Ni])c(C)c1. The molecular weight excluding hydrogens is 281 g/mol. The average Bonchev–Trinajstić information content (AvgIpc) is 2.40. The molecule has 0 saturated carbocycles. The van der Waals surface area contributed by atoms with Gasteiger partial charge < -0.3 is 0 Å². The molecule has 104 valence electrons. The van der Waals surface area contributed by atoms with Gasteiger partial charge in [-0.05, 0) is 6.42 Å². The summed E-state index contributed by atoms with van der Waals surface area (Å²) in [5.41, 5.74) is 5.64. The third kappa shape index (κ3) is 5.00. The first-order chi connectivity index (χ1) is 9.08. The average molecular weight is 300 g/mol. The molecular formula is C15H19N3Ni. The predicted molar refractivity (Wildman–Crippen MR) is 74.2 cm³/mol. The van der Waals surface area contributed by atoms with Crippen molar-refractivity contribution in [1.82, 2.24) is 9.97 Å². The summed E-state index contributed by atoms with van der Waals surface area (Å²) in [5.74, 6) is 0. The Balaban J connectivity index is 0.000000200. The minimum atomic E-state index is 0.966. The van der Waals surface area contributed by atoms with E-state index in [2.05, 4.69) is 55.2 Å². The van der Waals surface area contributed by atoms with Gasteiger partial charge in [-0.2, -0.15) is 0 Å². The van der Waals surface area contributed by atoms with Gasteiger partial charge in [-0.3, -0.25) is 9.97 Å². The van der Waals surface area contributed by atoms with E-state index in [1.807, 2.05) is 13.8 Å². The number of aromatic nitrogens is 2. The molecule has 1 heterocycles. The third-order valence-electron chi connectivity index (χ3n) is 2.68. The fourth-order valence-corrected chi connectivity index (χ4v) is 2.14. The van der Waals surface area contributed by atoms with E-state index in [0.717, 1.165) is 17.8 Å². The van der Waals surface area contributed by atoms with Gasteiger partial charge in [-0.25, -0.2) is 0 Å². The number of benzene rings is 1. The van der Waals surface area contributed by atoms with E-state index in [4.69, 9.17) is 0 Å². The summed E-state index contributed by atoms with van der Waals surface area (Å²) < 4.78 is 3.84. The van der Waals surface area contributed by atoms with Crippen LogP contribution in [0.4, 0.5) is 5.69 Å². The van der Waals surface area contributed by atoms with Crippen LogP contribution in [-0.4, -0.2) is 9.97 Å². The Morgan fingerprint density at radius 2 is 1.74 bits per heavy atom. The summed E-state index contributed by atoms with van der Waals surface area (Å²) in [7, 11) is 0. The molecule has 0 unspecified atom stereocenters. The van der Waals surface area contributed by atoms with Gasteiger partial charge in [0, 0.05) is 18.6 Å². The number of hydrogen-bond acceptors (Lipinski definition) is 3. The van der Waals surface area contributed by atoms with Crippen LogP contribution >= 0.6 is 0 Å². The summed E-state index contributed by atoms with van der Waals surface area (Å²) in [6.45, 7) is 8.22. The molecule has 2 rings (SSSR count). The molecule has 0 aliphatic carbocycles. The van der Waals surface area contributed by atoms with Crippen molar-refractivity contribution in [3.8, 4) is 0 Å². The van der Waals surface area contributed by atoms with Crippen molar-refractivity contribution < 1.29 is 15.3 Å². The zero-order valence-electron chi connectivity index (χ0n) is 11.8. The quantitative estimate of drug-likeness (QED) is 0.786. The summed E-state index contributed by atoms with van der Waals surface area (Å²) in [6, 6.07) is 4.20. The van der Waals surface area contributed by atoms with Gasteiger partial charge in [-0.1, -0.05) is 6.92 Å². The number of nitrogens with zero attached hydrogens (tertiary/aromatic N) is 3. The van der Waals surface area contributed by atoms with Crippen LogP contribution in [0.2, 0.25) is 0 Å². The van der Waals surface area contributed by atoms with Crippen molar-refractivity contribution in [3.05, 3.63) is 53.1 Å². The fourth-order valence-electron chi connectivity index (χ4n) is 1.80. The van der Waals surface area contributed by atoms with Crippen LogP contribution in [0.25, 0.3) is 0 Å². The summed E-state index contributed by atoms with van der Waals surface area (Å²) >= 11 is 4.38. The summed E-state index contributed by atoms with van der Waals surface area (Å²) in [6.07, 6.45) is 6.13. The van der Waals surface area contributed by atoms with Crippen molar-refractivity contribution in [2.75, 3.05) is 0 Å². The molecule has 0 fully saturated rings. The van der Waals surface area contributed by atoms with Crippen LogP contribution in [-0.2, 0) is 21.7 Å². The molecule has 19 heavy (non-hydrogen) atoms. The van der Waals surface area contributed by atoms with E-state index >= 15 is 0 Å². The van der Waals surface area contributed by atoms with Crippen LogP contribution < -0.4 is 0 Å². The predicted octanol–water partition coefficient (Wildman–Crippen LogP) is 4.01. The molecule has 0 N–H and O–H groups in total. The Labute approximate surface area is 122 Å². The van der Waals surface area contributed by atoms with Crippen LogP contribution in [0.3, 0.4) is 0 Å². The topological polar surface area (TPSA) is 38.1 Å². The third-order valence-corrected chi connectivity index (χ3v) is 2.91. The Morgan fingerprint density at radius 1 is 1.11 bits per heavy atom. The normalized spacial score (nSPS) is 9.58. The Morgan fingerprint density at radius 3 is 2.11 bits per heavy atom. The molecule has 0 spiro atoms. The van der Waals surface area contributed by atoms with Crippen LogP contribution in [0.15, 0.2) is 34.8 Å². The van der Waals surface area contributed by atoms with E-state index in [-0.39, 0.29) is 0 Å². The number of hydrogen-bond donors (Lipinski definition) is 0. The molecule has 0 bridgehead atoms. The maximum absolute atomic E-state index is 4.38. The van der Waals surface area contributed by atoms with Crippen LogP contribution in [0.1, 0.15) is 29.3 Å². The van der Waals surface area contributed by atoms with E-state index in [1.54, 1.807) is 18.6 Å². The van der Waals surface area contributed by atoms with Gasteiger partial charge in [0.25, 0.3) is 0 Å². The van der Waals surface area contributed by atoms with Crippen molar-refractivity contribution >= 4 is 5.69 Å². The summed E-state index contributed by atoms with van der Waals surface area (Å²) in [4.78, 5) is 7.93. The van der Waals surface area contributed by atoms with Crippen LogP contribution in [0.5, 0.6) is 0 Å². The number of rotatable bonds is 2. The molecule has 1 aromatic carbocycles. The minimum absolute atomic E-state index is 0.966. The fraction of sp³-hybridized carbons (Fsp3) is 0.333. The van der Waals surface area contributed by atoms with Gasteiger partial charge in [0.15, 0.2) is 0 Å². The number of aryl methyl sites for hydroxylation is 4. The van der Waals surface area contributed by atoms with E-state index in [0.29, 0.717) is 0 Å². The molecule has 0 amide bonds. The molecule has 0 aliphatic heterocycles. The van der Waals surface area contributed by atoms with Gasteiger partial charge in [0.1, 0.15) is 0 Å². The van der Waals surface area contributed by atoms with Gasteiger partial charge >= 0.3 is 74.6 Å². The Bertz CT molecular complexity index is 515. The van der Waals surface area contributed by atoms with E-state index < -0.39 is 0 Å². The van der Waals surface area contributed by atoms with Crippen molar-refractivity contribution in [2.45, 2.75) is 34.1 Å². The Kier molecular flexibility index (Phi) is 6.51. The standard InChI is InChI=1S/C9H11N.C6H8N2.Ni/c1-6-4-7(2)9(10)8(3)5-6;1-2-6-5-7-3-4-8-6;/h4-5H,1-3H3;3-5H,2H2,1H3;. The molecule has 1 aromatic heterocycles. The molecule has 2 aromatic rings. The molecule has 0 saturated heterocycles. The van der Waals surface area contributed by atoms with Crippen LogP contribution in [0, 0.1) is 20.8 Å². The zero-order valence-corrected chi connectivity index (χ0v) is 12.7. The molecule has 0 atom stereocenters. The monoisotopic (exact) mass is 299 g/mol. The van der Waals surface area contributed by atoms with Crippen molar-refractivity contribution in [3.63, 3.8) is 0 Å². The second kappa shape index (κ2) is 7.90. The molecule has 0 radical (unpaired) electrons. The zero-order chi connectivity index (χ0) is 14.3. The van der Waals surface area contributed by atoms with E-state index in [1.165, 1.54) is 16.7 Å². The first kappa shape index (κ1) is 15.7. The Hall–Kier alpha value is -1.41. The van der Waals surface area contributed by atoms with Gasteiger partial charge in [0.2, 0.25) is 0 Å². The molecule has 0 aliphatic rings. The van der Waals surface area contributed by atoms with Crippen molar-refractivity contribution in [2.24, 2.45) is 4.03 Å².